The zero-order valence-corrected chi connectivity index (χ0v) is 16.4. The van der Waals surface area contributed by atoms with Crippen LogP contribution in [0.4, 0.5) is 0 Å². The third-order valence-corrected chi connectivity index (χ3v) is 4.17. The molecule has 5 nitrogen and oxygen atoms in total. The lowest BCUT2D eigenvalue weighted by Gasteiger charge is -2.40. The number of hydrogen-bond acceptors (Lipinski definition) is 4. The first-order valence-corrected chi connectivity index (χ1v) is 9.45. The van der Waals surface area contributed by atoms with Gasteiger partial charge in [0, 0.05) is 24.8 Å². The summed E-state index contributed by atoms with van der Waals surface area (Å²) < 4.78 is 0. The standard InChI is InChI=1S/C18H33NO4S/c1-5-9-14(20)10-8-11-15(17(22)23)19(18(2,3)4)16(21)12-6-7-13-24/h15,24H,5-13H2,1-4H3,(H,22,23)/t15-/m0/s1. The topological polar surface area (TPSA) is 74.7 Å². The Labute approximate surface area is 151 Å². The van der Waals surface area contributed by atoms with Crippen LogP contribution in [0, 0.1) is 0 Å². The summed E-state index contributed by atoms with van der Waals surface area (Å²) in [5.41, 5.74) is -0.575. The van der Waals surface area contributed by atoms with Crippen molar-refractivity contribution in [3.05, 3.63) is 0 Å². The first kappa shape index (κ1) is 23.0. The van der Waals surface area contributed by atoms with E-state index in [1.807, 2.05) is 27.7 Å². The molecule has 1 atom stereocenters. The van der Waals surface area contributed by atoms with E-state index in [9.17, 15) is 19.5 Å². The molecule has 1 N–H and O–H groups in total. The van der Waals surface area contributed by atoms with Crippen LogP contribution in [-0.4, -0.2) is 45.0 Å². The fourth-order valence-electron chi connectivity index (χ4n) is 2.78. The average Bonchev–Trinajstić information content (AvgIpc) is 2.45. The van der Waals surface area contributed by atoms with Crippen LogP contribution in [0.5, 0.6) is 0 Å². The van der Waals surface area contributed by atoms with Gasteiger partial charge in [0.15, 0.2) is 0 Å². The van der Waals surface area contributed by atoms with Gasteiger partial charge < -0.3 is 10.0 Å². The molecule has 0 saturated heterocycles. The quantitative estimate of drug-likeness (QED) is 0.411. The largest absolute Gasteiger partial charge is 0.480 e. The maximum atomic E-state index is 12.6. The van der Waals surface area contributed by atoms with E-state index < -0.39 is 17.6 Å². The van der Waals surface area contributed by atoms with E-state index in [1.54, 1.807) is 0 Å². The second kappa shape index (κ2) is 11.5. The highest BCUT2D eigenvalue weighted by molar-refractivity contribution is 7.80. The van der Waals surface area contributed by atoms with E-state index in [4.69, 9.17) is 0 Å². The van der Waals surface area contributed by atoms with E-state index >= 15 is 0 Å². The maximum Gasteiger partial charge on any atom is 0.326 e. The Kier molecular flexibility index (Phi) is 11.0. The van der Waals surface area contributed by atoms with Crippen LogP contribution in [0.2, 0.25) is 0 Å². The summed E-state index contributed by atoms with van der Waals surface area (Å²) in [5, 5.41) is 9.61. The number of rotatable bonds is 12. The Morgan fingerprint density at radius 3 is 2.12 bits per heavy atom. The second-order valence-electron chi connectivity index (χ2n) is 7.15. The minimum absolute atomic E-state index is 0.142. The smallest absolute Gasteiger partial charge is 0.326 e. The molecule has 0 aliphatic heterocycles. The van der Waals surface area contributed by atoms with Crippen LogP contribution in [-0.2, 0) is 14.4 Å². The Morgan fingerprint density at radius 1 is 1.04 bits per heavy atom. The number of hydrogen-bond donors (Lipinski definition) is 2. The van der Waals surface area contributed by atoms with Gasteiger partial charge in [0.25, 0.3) is 0 Å². The first-order valence-electron chi connectivity index (χ1n) is 8.82. The highest BCUT2D eigenvalue weighted by Crippen LogP contribution is 2.23. The molecule has 140 valence electrons. The number of thiol groups is 1. The summed E-state index contributed by atoms with van der Waals surface area (Å²) in [6.45, 7) is 7.49. The van der Waals surface area contributed by atoms with Crippen molar-refractivity contribution < 1.29 is 19.5 Å². The van der Waals surface area contributed by atoms with Gasteiger partial charge in [0.2, 0.25) is 5.91 Å². The van der Waals surface area contributed by atoms with Crippen LogP contribution in [0.15, 0.2) is 0 Å². The molecule has 0 saturated carbocycles. The van der Waals surface area contributed by atoms with Crippen molar-refractivity contribution in [3.63, 3.8) is 0 Å². The molecule has 0 spiro atoms. The van der Waals surface area contributed by atoms with Crippen LogP contribution in [0.1, 0.15) is 79.1 Å². The van der Waals surface area contributed by atoms with Crippen molar-refractivity contribution in [1.29, 1.82) is 0 Å². The predicted molar refractivity (Wildman–Crippen MR) is 99.5 cm³/mol. The molecule has 0 heterocycles. The molecule has 0 aromatic rings. The molecule has 0 unspecified atom stereocenters. The SMILES string of the molecule is CCCC(=O)CCC[C@@H](C(=O)O)N(C(=O)CCCCS)C(C)(C)C. The fourth-order valence-corrected chi connectivity index (χ4v) is 3.01. The normalized spacial score (nSPS) is 12.7. The van der Waals surface area contributed by atoms with Gasteiger partial charge >= 0.3 is 5.97 Å². The van der Waals surface area contributed by atoms with Gasteiger partial charge in [-0.1, -0.05) is 6.92 Å². The number of carboxylic acids is 1. The van der Waals surface area contributed by atoms with Gasteiger partial charge in [-0.2, -0.15) is 12.6 Å². The molecule has 0 fully saturated rings. The highest BCUT2D eigenvalue weighted by atomic mass is 32.1. The molecule has 1 amide bonds. The van der Waals surface area contributed by atoms with Gasteiger partial charge in [-0.25, -0.2) is 4.79 Å². The van der Waals surface area contributed by atoms with E-state index in [2.05, 4.69) is 12.6 Å². The number of nitrogens with zero attached hydrogens (tertiary/aromatic N) is 1. The lowest BCUT2D eigenvalue weighted by Crippen LogP contribution is -2.54. The maximum absolute atomic E-state index is 12.6. The van der Waals surface area contributed by atoms with Gasteiger partial charge in [0.1, 0.15) is 11.8 Å². The minimum Gasteiger partial charge on any atom is -0.480 e. The number of ketones is 1. The molecular formula is C18H33NO4S. The monoisotopic (exact) mass is 359 g/mol. The first-order chi connectivity index (χ1) is 11.1. The predicted octanol–water partition coefficient (Wildman–Crippen LogP) is 3.71. The van der Waals surface area contributed by atoms with E-state index in [1.165, 1.54) is 4.90 Å². The number of carboxylic acid groups (broad SMARTS) is 1. The second-order valence-corrected chi connectivity index (χ2v) is 7.60. The molecule has 0 aromatic heterocycles. The molecule has 6 heteroatoms. The van der Waals surface area contributed by atoms with Crippen LogP contribution in [0.3, 0.4) is 0 Å². The van der Waals surface area contributed by atoms with Gasteiger partial charge in [0.05, 0.1) is 0 Å². The zero-order chi connectivity index (χ0) is 18.8. The zero-order valence-electron chi connectivity index (χ0n) is 15.5. The minimum atomic E-state index is -1.00. The van der Waals surface area contributed by atoms with Crippen molar-refractivity contribution in [1.82, 2.24) is 4.90 Å². The van der Waals surface area contributed by atoms with Gasteiger partial charge in [-0.3, -0.25) is 9.59 Å². The van der Waals surface area contributed by atoms with Crippen molar-refractivity contribution >= 4 is 30.3 Å². The average molecular weight is 360 g/mol. The lowest BCUT2D eigenvalue weighted by molar-refractivity contribution is -0.155. The number of unbranched alkanes of at least 4 members (excludes halogenated alkanes) is 1. The number of carbonyl (C=O) groups is 3. The van der Waals surface area contributed by atoms with Crippen LogP contribution < -0.4 is 0 Å². The molecule has 0 bridgehead atoms. The Morgan fingerprint density at radius 2 is 1.67 bits per heavy atom. The van der Waals surface area contributed by atoms with Crippen LogP contribution >= 0.6 is 12.6 Å². The number of amides is 1. The molecule has 0 aliphatic rings. The molecule has 0 radical (unpaired) electrons. The Balaban J connectivity index is 4.97. The molecule has 0 aromatic carbocycles. The number of carbonyl (C=O) groups excluding carboxylic acids is 2. The summed E-state index contributed by atoms with van der Waals surface area (Å²) in [7, 11) is 0. The summed E-state index contributed by atoms with van der Waals surface area (Å²) in [4.78, 5) is 37.4. The summed E-state index contributed by atoms with van der Waals surface area (Å²) in [5.74, 6) is -0.277. The van der Waals surface area contributed by atoms with Crippen molar-refractivity contribution in [3.8, 4) is 0 Å². The van der Waals surface area contributed by atoms with Gasteiger partial charge in [-0.15, -0.1) is 0 Å². The van der Waals surface area contributed by atoms with E-state index in [0.717, 1.165) is 12.8 Å². The van der Waals surface area contributed by atoms with Crippen molar-refractivity contribution in [2.75, 3.05) is 5.75 Å². The Hall–Kier alpha value is -1.04. The third-order valence-electron chi connectivity index (χ3n) is 3.85. The molecule has 24 heavy (non-hydrogen) atoms. The van der Waals surface area contributed by atoms with Crippen molar-refractivity contribution in [2.45, 2.75) is 90.6 Å². The van der Waals surface area contributed by atoms with Crippen molar-refractivity contribution in [2.24, 2.45) is 0 Å². The fraction of sp³-hybridized carbons (Fsp3) is 0.833. The third kappa shape index (κ3) is 8.71. The lowest BCUT2D eigenvalue weighted by atomic mass is 9.97. The van der Waals surface area contributed by atoms with Crippen LogP contribution in [0.25, 0.3) is 0 Å². The summed E-state index contributed by atoms with van der Waals surface area (Å²) in [6.07, 6.45) is 4.38. The highest BCUT2D eigenvalue weighted by Gasteiger charge is 2.36. The number of aliphatic carboxylic acids is 1. The van der Waals surface area contributed by atoms with Gasteiger partial charge in [-0.05, 0) is 58.6 Å². The molecular weight excluding hydrogens is 326 g/mol. The summed E-state index contributed by atoms with van der Waals surface area (Å²) >= 11 is 4.14. The number of Topliss-reactive ketones (excluding diaryl/α,β-unsaturated/α-hetero) is 1. The van der Waals surface area contributed by atoms with E-state index in [-0.39, 0.29) is 11.7 Å². The summed E-state index contributed by atoms with van der Waals surface area (Å²) in [6, 6.07) is -0.886. The molecule has 0 rings (SSSR count). The van der Waals surface area contributed by atoms with E-state index in [0.29, 0.717) is 44.3 Å². The Bertz CT molecular complexity index is 418. The molecule has 0 aliphatic carbocycles.